The monoisotopic (exact) mass is 305 g/mol. The van der Waals surface area contributed by atoms with E-state index in [4.69, 9.17) is 5.73 Å². The highest BCUT2D eigenvalue weighted by Crippen LogP contribution is 2.26. The van der Waals surface area contributed by atoms with Crippen molar-refractivity contribution in [2.75, 3.05) is 19.6 Å². The van der Waals surface area contributed by atoms with Crippen LogP contribution in [0.15, 0.2) is 0 Å². The number of halogens is 1. The van der Waals surface area contributed by atoms with Crippen LogP contribution >= 0.6 is 12.4 Å². The molecule has 1 aliphatic rings. The lowest BCUT2D eigenvalue weighted by Crippen LogP contribution is -2.43. The van der Waals surface area contributed by atoms with Gasteiger partial charge in [-0.2, -0.15) is 0 Å². The average molecular weight is 306 g/mol. The molecule has 6 heteroatoms. The molecule has 0 saturated heterocycles. The van der Waals surface area contributed by atoms with Crippen LogP contribution in [0.25, 0.3) is 0 Å². The first-order valence-electron chi connectivity index (χ1n) is 7.38. The van der Waals surface area contributed by atoms with Gasteiger partial charge in [0.25, 0.3) is 0 Å². The van der Waals surface area contributed by atoms with Gasteiger partial charge in [-0.25, -0.2) is 0 Å². The van der Waals surface area contributed by atoms with Crippen LogP contribution < -0.4 is 11.1 Å². The summed E-state index contributed by atoms with van der Waals surface area (Å²) in [6, 6.07) is 0.140. The Hall–Kier alpha value is -0.810. The third kappa shape index (κ3) is 6.09. The van der Waals surface area contributed by atoms with Crippen molar-refractivity contribution >= 4 is 24.2 Å². The molecular formula is C14H28ClN3O2. The highest BCUT2D eigenvalue weighted by molar-refractivity contribution is 5.85. The topological polar surface area (TPSA) is 75.4 Å². The van der Waals surface area contributed by atoms with E-state index in [1.807, 2.05) is 13.8 Å². The molecule has 0 radical (unpaired) electrons. The van der Waals surface area contributed by atoms with Crippen molar-refractivity contribution in [2.24, 2.45) is 11.7 Å². The number of likely N-dealkylation sites (N-methyl/N-ethyl adjacent to an activating group) is 2. The minimum Gasteiger partial charge on any atom is -0.355 e. The minimum atomic E-state index is -0.0920. The molecule has 2 atom stereocenters. The highest BCUT2D eigenvalue weighted by Gasteiger charge is 2.26. The van der Waals surface area contributed by atoms with E-state index < -0.39 is 0 Å². The van der Waals surface area contributed by atoms with E-state index in [0.29, 0.717) is 19.5 Å². The van der Waals surface area contributed by atoms with E-state index in [2.05, 4.69) is 5.32 Å². The quantitative estimate of drug-likeness (QED) is 0.776. The van der Waals surface area contributed by atoms with Gasteiger partial charge in [-0.05, 0) is 32.6 Å². The van der Waals surface area contributed by atoms with Gasteiger partial charge >= 0.3 is 0 Å². The van der Waals surface area contributed by atoms with Crippen molar-refractivity contribution < 1.29 is 9.59 Å². The molecule has 20 heavy (non-hydrogen) atoms. The molecule has 118 valence electrons. The number of rotatable bonds is 6. The lowest BCUT2D eigenvalue weighted by Gasteiger charge is -2.30. The van der Waals surface area contributed by atoms with Gasteiger partial charge in [0.1, 0.15) is 0 Å². The Kier molecular flexibility index (Phi) is 9.59. The molecule has 0 aliphatic heterocycles. The van der Waals surface area contributed by atoms with Gasteiger partial charge < -0.3 is 16.0 Å². The summed E-state index contributed by atoms with van der Waals surface area (Å²) < 4.78 is 0. The molecule has 0 aromatic carbocycles. The third-order valence-corrected chi connectivity index (χ3v) is 3.85. The second kappa shape index (κ2) is 10.00. The van der Waals surface area contributed by atoms with Crippen LogP contribution in [0.4, 0.5) is 0 Å². The largest absolute Gasteiger partial charge is 0.355 e. The summed E-state index contributed by atoms with van der Waals surface area (Å²) in [7, 11) is 0. The van der Waals surface area contributed by atoms with Crippen molar-refractivity contribution in [3.05, 3.63) is 0 Å². The predicted octanol–water partition coefficient (Wildman–Crippen LogP) is 1.30. The zero-order valence-corrected chi connectivity index (χ0v) is 13.4. The molecule has 1 rings (SSSR count). The van der Waals surface area contributed by atoms with Crippen LogP contribution in [0, 0.1) is 5.92 Å². The Morgan fingerprint density at radius 3 is 2.45 bits per heavy atom. The first kappa shape index (κ1) is 19.2. The number of carbonyl (C=O) groups is 2. The lowest BCUT2D eigenvalue weighted by molar-refractivity contribution is -0.136. The SMILES string of the molecule is CCNC(=O)CN(CC)C(=O)CC1CCCCC1N.Cl. The van der Waals surface area contributed by atoms with E-state index in [-0.39, 0.29) is 42.7 Å². The van der Waals surface area contributed by atoms with Crippen LogP contribution in [0.2, 0.25) is 0 Å². The molecule has 0 aromatic heterocycles. The molecule has 0 aromatic rings. The van der Waals surface area contributed by atoms with Gasteiger partial charge in [-0.15, -0.1) is 12.4 Å². The third-order valence-electron chi connectivity index (χ3n) is 3.85. The van der Waals surface area contributed by atoms with Crippen LogP contribution in [-0.2, 0) is 9.59 Å². The molecule has 0 bridgehead atoms. The summed E-state index contributed by atoms with van der Waals surface area (Å²) in [6.07, 6.45) is 4.86. The molecule has 1 saturated carbocycles. The maximum absolute atomic E-state index is 12.2. The average Bonchev–Trinajstić information content (AvgIpc) is 2.39. The number of hydrogen-bond donors (Lipinski definition) is 2. The molecule has 1 aliphatic carbocycles. The second-order valence-electron chi connectivity index (χ2n) is 5.27. The summed E-state index contributed by atoms with van der Waals surface area (Å²) in [5.74, 6) is 0.242. The van der Waals surface area contributed by atoms with Crippen LogP contribution in [0.1, 0.15) is 46.0 Å². The summed E-state index contributed by atoms with van der Waals surface area (Å²) in [6.45, 7) is 5.09. The number of carbonyl (C=O) groups excluding carboxylic acids is 2. The first-order chi connectivity index (χ1) is 9.08. The molecule has 0 spiro atoms. The predicted molar refractivity (Wildman–Crippen MR) is 82.7 cm³/mol. The van der Waals surface area contributed by atoms with Gasteiger partial charge in [-0.1, -0.05) is 12.8 Å². The normalized spacial score (nSPS) is 21.8. The number of nitrogens with zero attached hydrogens (tertiary/aromatic N) is 1. The van der Waals surface area contributed by atoms with E-state index in [1.165, 1.54) is 6.42 Å². The molecule has 1 fully saturated rings. The summed E-state index contributed by atoms with van der Waals surface area (Å²) in [5.41, 5.74) is 6.07. The zero-order valence-electron chi connectivity index (χ0n) is 12.6. The Bertz CT molecular complexity index is 313. The number of nitrogens with two attached hydrogens (primary N) is 1. The summed E-state index contributed by atoms with van der Waals surface area (Å²) in [4.78, 5) is 25.4. The van der Waals surface area contributed by atoms with Gasteiger partial charge in [0.05, 0.1) is 6.54 Å². The maximum Gasteiger partial charge on any atom is 0.239 e. The molecular weight excluding hydrogens is 278 g/mol. The fraction of sp³-hybridized carbons (Fsp3) is 0.857. The van der Waals surface area contributed by atoms with E-state index in [0.717, 1.165) is 19.3 Å². The Balaban J connectivity index is 0.00000361. The van der Waals surface area contributed by atoms with Gasteiger partial charge in [0.15, 0.2) is 0 Å². The molecule has 3 N–H and O–H groups in total. The molecule has 5 nitrogen and oxygen atoms in total. The van der Waals surface area contributed by atoms with Crippen molar-refractivity contribution in [1.82, 2.24) is 10.2 Å². The summed E-state index contributed by atoms with van der Waals surface area (Å²) >= 11 is 0. The number of amides is 2. The van der Waals surface area contributed by atoms with Crippen molar-refractivity contribution in [1.29, 1.82) is 0 Å². The van der Waals surface area contributed by atoms with Gasteiger partial charge in [0, 0.05) is 25.6 Å². The molecule has 0 heterocycles. The van der Waals surface area contributed by atoms with Crippen LogP contribution in [0.5, 0.6) is 0 Å². The Morgan fingerprint density at radius 1 is 1.25 bits per heavy atom. The second-order valence-corrected chi connectivity index (χ2v) is 5.27. The lowest BCUT2D eigenvalue weighted by atomic mass is 9.83. The molecule has 2 amide bonds. The van der Waals surface area contributed by atoms with Gasteiger partial charge in [-0.3, -0.25) is 9.59 Å². The van der Waals surface area contributed by atoms with E-state index in [1.54, 1.807) is 4.90 Å². The van der Waals surface area contributed by atoms with E-state index in [9.17, 15) is 9.59 Å². The zero-order chi connectivity index (χ0) is 14.3. The fourth-order valence-corrected chi connectivity index (χ4v) is 2.65. The van der Waals surface area contributed by atoms with E-state index >= 15 is 0 Å². The fourth-order valence-electron chi connectivity index (χ4n) is 2.65. The number of nitrogens with one attached hydrogen (secondary N) is 1. The first-order valence-corrected chi connectivity index (χ1v) is 7.38. The molecule has 2 unspecified atom stereocenters. The van der Waals surface area contributed by atoms with Crippen LogP contribution in [-0.4, -0.2) is 42.4 Å². The maximum atomic E-state index is 12.2. The number of hydrogen-bond acceptors (Lipinski definition) is 3. The standard InChI is InChI=1S/C14H27N3O2.ClH/c1-3-16-13(18)10-17(4-2)14(19)9-11-7-5-6-8-12(11)15;/h11-12H,3-10,15H2,1-2H3,(H,16,18);1H. The smallest absolute Gasteiger partial charge is 0.239 e. The van der Waals surface area contributed by atoms with Crippen molar-refractivity contribution in [2.45, 2.75) is 52.0 Å². The van der Waals surface area contributed by atoms with Crippen molar-refractivity contribution in [3.8, 4) is 0 Å². The summed E-state index contributed by atoms with van der Waals surface area (Å²) in [5, 5.41) is 2.72. The van der Waals surface area contributed by atoms with Crippen LogP contribution in [0.3, 0.4) is 0 Å². The highest BCUT2D eigenvalue weighted by atomic mass is 35.5. The van der Waals surface area contributed by atoms with Gasteiger partial charge in [0.2, 0.25) is 11.8 Å². The Labute approximate surface area is 128 Å². The minimum absolute atomic E-state index is 0. The van der Waals surface area contributed by atoms with Crippen molar-refractivity contribution in [3.63, 3.8) is 0 Å². The Morgan fingerprint density at radius 2 is 1.90 bits per heavy atom.